The van der Waals surface area contributed by atoms with Crippen molar-refractivity contribution >= 4 is 28.1 Å². The number of carboxylic acid groups (broad SMARTS) is 1. The Labute approximate surface area is 120 Å². The van der Waals surface area contributed by atoms with Crippen LogP contribution >= 0.6 is 11.3 Å². The molecule has 0 radical (unpaired) electrons. The summed E-state index contributed by atoms with van der Waals surface area (Å²) in [6.07, 6.45) is 0. The van der Waals surface area contributed by atoms with Gasteiger partial charge in [-0.1, -0.05) is 24.3 Å². The maximum Gasteiger partial charge on any atom is 0.339 e. The molecule has 4 heteroatoms. The molecule has 0 atom stereocenters. The van der Waals surface area contributed by atoms with E-state index in [4.69, 9.17) is 4.74 Å². The van der Waals surface area contributed by atoms with Crippen LogP contribution in [0.15, 0.2) is 53.2 Å². The van der Waals surface area contributed by atoms with E-state index < -0.39 is 5.97 Å². The number of aromatic carboxylic acids is 1. The first-order valence-electron chi connectivity index (χ1n) is 6.14. The molecule has 0 spiro atoms. The first kappa shape index (κ1) is 12.7. The molecule has 100 valence electrons. The van der Waals surface area contributed by atoms with Gasteiger partial charge in [-0.3, -0.25) is 0 Å². The third kappa shape index (κ3) is 2.51. The quantitative estimate of drug-likeness (QED) is 0.781. The number of fused-ring (bicyclic) bond motifs is 1. The molecule has 2 aromatic carbocycles. The molecular formula is C16H12O3S. The molecule has 3 nitrogen and oxygen atoms in total. The van der Waals surface area contributed by atoms with Crippen molar-refractivity contribution in [3.8, 4) is 5.75 Å². The molecule has 0 amide bonds. The molecule has 0 aliphatic rings. The van der Waals surface area contributed by atoms with Gasteiger partial charge < -0.3 is 9.84 Å². The smallest absolute Gasteiger partial charge is 0.339 e. The molecule has 0 fully saturated rings. The lowest BCUT2D eigenvalue weighted by molar-refractivity contribution is 0.0692. The summed E-state index contributed by atoms with van der Waals surface area (Å²) in [5.74, 6) is -0.571. The predicted octanol–water partition coefficient (Wildman–Crippen LogP) is 4.18. The third-order valence-corrected chi connectivity index (χ3v) is 3.78. The maximum atomic E-state index is 11.3. The van der Waals surface area contributed by atoms with Gasteiger partial charge in [-0.15, -0.1) is 0 Å². The Bertz CT molecular complexity index is 748. The Morgan fingerprint density at radius 2 is 1.90 bits per heavy atom. The second-order valence-corrected chi connectivity index (χ2v) is 5.20. The van der Waals surface area contributed by atoms with E-state index in [-0.39, 0.29) is 5.56 Å². The number of carboxylic acids is 1. The van der Waals surface area contributed by atoms with Crippen LogP contribution in [0.1, 0.15) is 15.9 Å². The number of hydrogen-bond acceptors (Lipinski definition) is 3. The summed E-state index contributed by atoms with van der Waals surface area (Å²) in [7, 11) is 0. The van der Waals surface area contributed by atoms with E-state index in [1.54, 1.807) is 23.5 Å². The zero-order valence-electron chi connectivity index (χ0n) is 10.6. The molecule has 0 bridgehead atoms. The Hall–Kier alpha value is -2.33. The summed E-state index contributed by atoms with van der Waals surface area (Å²) in [6.45, 7) is 0.377. The van der Waals surface area contributed by atoms with Crippen molar-refractivity contribution in [1.29, 1.82) is 0 Å². The van der Waals surface area contributed by atoms with E-state index in [2.05, 4.69) is 0 Å². The lowest BCUT2D eigenvalue weighted by atomic mass is 10.1. The molecule has 1 heterocycles. The zero-order chi connectivity index (χ0) is 13.9. The highest BCUT2D eigenvalue weighted by molar-refractivity contribution is 7.07. The normalized spacial score (nSPS) is 10.6. The number of ether oxygens (including phenoxy) is 1. The molecular weight excluding hydrogens is 272 g/mol. The fourth-order valence-electron chi connectivity index (χ4n) is 2.04. The third-order valence-electron chi connectivity index (χ3n) is 3.05. The van der Waals surface area contributed by atoms with Crippen LogP contribution in [0.25, 0.3) is 10.8 Å². The first-order valence-corrected chi connectivity index (χ1v) is 7.08. The number of rotatable bonds is 4. The average Bonchev–Trinajstić information content (AvgIpc) is 2.97. The van der Waals surface area contributed by atoms with Gasteiger partial charge in [-0.25, -0.2) is 4.79 Å². The second kappa shape index (κ2) is 5.35. The van der Waals surface area contributed by atoms with Crippen LogP contribution in [-0.4, -0.2) is 11.1 Å². The van der Waals surface area contributed by atoms with Crippen molar-refractivity contribution < 1.29 is 14.6 Å². The highest BCUT2D eigenvalue weighted by Crippen LogP contribution is 2.27. The predicted molar refractivity (Wildman–Crippen MR) is 79.6 cm³/mol. The summed E-state index contributed by atoms with van der Waals surface area (Å²) < 4.78 is 5.68. The van der Waals surface area contributed by atoms with Crippen molar-refractivity contribution in [3.63, 3.8) is 0 Å². The van der Waals surface area contributed by atoms with Crippen molar-refractivity contribution in [3.05, 3.63) is 64.4 Å². The van der Waals surface area contributed by atoms with Crippen LogP contribution in [0.5, 0.6) is 5.75 Å². The number of carbonyl (C=O) groups is 1. The molecule has 0 aliphatic heterocycles. The van der Waals surface area contributed by atoms with Crippen LogP contribution in [0.3, 0.4) is 0 Å². The van der Waals surface area contributed by atoms with Crippen LogP contribution in [0, 0.1) is 0 Å². The highest BCUT2D eigenvalue weighted by Gasteiger charge is 2.13. The fraction of sp³-hybridized carbons (Fsp3) is 0.0625. The SMILES string of the molecule is O=C(O)c1cc2ccccc2cc1OCc1ccsc1. The lowest BCUT2D eigenvalue weighted by Crippen LogP contribution is -2.03. The van der Waals surface area contributed by atoms with Crippen molar-refractivity contribution in [2.24, 2.45) is 0 Å². The highest BCUT2D eigenvalue weighted by atomic mass is 32.1. The minimum atomic E-state index is -0.976. The molecule has 0 unspecified atom stereocenters. The lowest BCUT2D eigenvalue weighted by Gasteiger charge is -2.10. The molecule has 0 saturated carbocycles. The standard InChI is InChI=1S/C16H12O3S/c17-16(18)14-7-12-3-1-2-4-13(12)8-15(14)19-9-11-5-6-20-10-11/h1-8,10H,9H2,(H,17,18). The minimum absolute atomic E-state index is 0.193. The summed E-state index contributed by atoms with van der Waals surface area (Å²) in [6, 6.07) is 13.0. The van der Waals surface area contributed by atoms with Crippen LogP contribution in [0.4, 0.5) is 0 Å². The molecule has 1 aromatic heterocycles. The average molecular weight is 284 g/mol. The van der Waals surface area contributed by atoms with E-state index >= 15 is 0 Å². The molecule has 0 aliphatic carbocycles. The topological polar surface area (TPSA) is 46.5 Å². The van der Waals surface area contributed by atoms with Gasteiger partial charge in [0.25, 0.3) is 0 Å². The largest absolute Gasteiger partial charge is 0.488 e. The Morgan fingerprint density at radius 3 is 2.55 bits per heavy atom. The Kier molecular flexibility index (Phi) is 3.39. The number of hydrogen-bond donors (Lipinski definition) is 1. The summed E-state index contributed by atoms with van der Waals surface area (Å²) in [4.78, 5) is 11.3. The molecule has 3 aromatic rings. The van der Waals surface area contributed by atoms with Gasteiger partial charge >= 0.3 is 5.97 Å². The van der Waals surface area contributed by atoms with E-state index in [9.17, 15) is 9.90 Å². The van der Waals surface area contributed by atoms with E-state index in [0.29, 0.717) is 12.4 Å². The van der Waals surface area contributed by atoms with Gasteiger partial charge in [-0.2, -0.15) is 11.3 Å². The van der Waals surface area contributed by atoms with E-state index in [1.165, 1.54) is 0 Å². The van der Waals surface area contributed by atoms with Crippen LogP contribution in [-0.2, 0) is 6.61 Å². The molecule has 3 rings (SSSR count). The maximum absolute atomic E-state index is 11.3. The fourth-order valence-corrected chi connectivity index (χ4v) is 2.70. The Morgan fingerprint density at radius 1 is 1.15 bits per heavy atom. The number of thiophene rings is 1. The van der Waals surface area contributed by atoms with Gasteiger partial charge in [0.1, 0.15) is 17.9 Å². The van der Waals surface area contributed by atoms with E-state index in [0.717, 1.165) is 16.3 Å². The van der Waals surface area contributed by atoms with Gasteiger partial charge in [0.15, 0.2) is 0 Å². The van der Waals surface area contributed by atoms with Crippen LogP contribution < -0.4 is 4.74 Å². The monoisotopic (exact) mass is 284 g/mol. The van der Waals surface area contributed by atoms with Gasteiger partial charge in [0.2, 0.25) is 0 Å². The van der Waals surface area contributed by atoms with Crippen LogP contribution in [0.2, 0.25) is 0 Å². The van der Waals surface area contributed by atoms with Crippen molar-refractivity contribution in [2.45, 2.75) is 6.61 Å². The summed E-state index contributed by atoms with van der Waals surface area (Å²) >= 11 is 1.59. The summed E-state index contributed by atoms with van der Waals surface area (Å²) in [5, 5.41) is 15.1. The molecule has 20 heavy (non-hydrogen) atoms. The second-order valence-electron chi connectivity index (χ2n) is 4.42. The number of benzene rings is 2. The minimum Gasteiger partial charge on any atom is -0.488 e. The summed E-state index contributed by atoms with van der Waals surface area (Å²) in [5.41, 5.74) is 1.23. The zero-order valence-corrected chi connectivity index (χ0v) is 11.4. The molecule has 1 N–H and O–H groups in total. The Balaban J connectivity index is 1.98. The van der Waals surface area contributed by atoms with Crippen molar-refractivity contribution in [2.75, 3.05) is 0 Å². The van der Waals surface area contributed by atoms with Gasteiger partial charge in [0, 0.05) is 0 Å². The van der Waals surface area contributed by atoms with Gasteiger partial charge in [0.05, 0.1) is 0 Å². The van der Waals surface area contributed by atoms with Gasteiger partial charge in [-0.05, 0) is 45.3 Å². The van der Waals surface area contributed by atoms with E-state index in [1.807, 2.05) is 41.1 Å². The molecule has 0 saturated heterocycles. The first-order chi connectivity index (χ1) is 9.74. The van der Waals surface area contributed by atoms with Crippen molar-refractivity contribution in [1.82, 2.24) is 0 Å².